The Morgan fingerprint density at radius 3 is 2.55 bits per heavy atom. The van der Waals surface area contributed by atoms with Gasteiger partial charge in [0.25, 0.3) is 5.91 Å². The number of halogens is 2. The Hall–Kier alpha value is -1.58. The van der Waals surface area contributed by atoms with Crippen molar-refractivity contribution in [3.63, 3.8) is 0 Å². The molecule has 0 fully saturated rings. The second-order valence-corrected chi connectivity index (χ2v) is 5.38. The number of amides is 1. The molecule has 0 bridgehead atoms. The van der Waals surface area contributed by atoms with Crippen molar-refractivity contribution in [2.24, 2.45) is 0 Å². The van der Waals surface area contributed by atoms with Gasteiger partial charge in [0.05, 0.1) is 6.04 Å². The van der Waals surface area contributed by atoms with Crippen LogP contribution in [0.2, 0.25) is 10.0 Å². The van der Waals surface area contributed by atoms with E-state index < -0.39 is 0 Å². The molecular weight excluding hydrogens is 295 g/mol. The molecule has 0 radical (unpaired) electrons. The number of carbonyl (C=O) groups excluding carboxylic acids is 1. The van der Waals surface area contributed by atoms with Gasteiger partial charge in [-0.25, -0.2) is 0 Å². The molecule has 1 heterocycles. The van der Waals surface area contributed by atoms with Crippen LogP contribution < -0.4 is 0 Å². The second-order valence-electron chi connectivity index (χ2n) is 4.51. The highest BCUT2D eigenvalue weighted by Gasteiger charge is 2.20. The number of hydrogen-bond acceptors (Lipinski definition) is 2. The van der Waals surface area contributed by atoms with Crippen LogP contribution >= 0.6 is 23.2 Å². The topological polar surface area (TPSA) is 33.2 Å². The minimum atomic E-state index is -0.181. The highest BCUT2D eigenvalue weighted by molar-refractivity contribution is 6.31. The van der Waals surface area contributed by atoms with Crippen molar-refractivity contribution in [3.8, 4) is 0 Å². The van der Waals surface area contributed by atoms with Gasteiger partial charge >= 0.3 is 0 Å². The quantitative estimate of drug-likeness (QED) is 0.850. The Labute approximate surface area is 128 Å². The maximum atomic E-state index is 12.4. The number of carbonyl (C=O) groups is 1. The third-order valence-corrected chi connectivity index (χ3v) is 3.64. The van der Waals surface area contributed by atoms with Gasteiger partial charge in [0.15, 0.2) is 0 Å². The van der Waals surface area contributed by atoms with Crippen LogP contribution in [0.3, 0.4) is 0 Å². The lowest BCUT2D eigenvalue weighted by atomic mass is 10.1. The molecule has 0 aliphatic carbocycles. The van der Waals surface area contributed by atoms with E-state index >= 15 is 0 Å². The van der Waals surface area contributed by atoms with Crippen LogP contribution in [0.5, 0.6) is 0 Å². The summed E-state index contributed by atoms with van der Waals surface area (Å²) in [5, 5.41) is 1.14. The van der Waals surface area contributed by atoms with Crippen molar-refractivity contribution in [1.29, 1.82) is 0 Å². The largest absolute Gasteiger partial charge is 0.334 e. The summed E-state index contributed by atoms with van der Waals surface area (Å²) in [6.07, 6.45) is 1.52. The molecule has 2 aromatic rings. The summed E-state index contributed by atoms with van der Waals surface area (Å²) in [6.45, 7) is 1.94. The predicted molar refractivity (Wildman–Crippen MR) is 81.2 cm³/mol. The van der Waals surface area contributed by atoms with Crippen molar-refractivity contribution < 1.29 is 4.79 Å². The summed E-state index contributed by atoms with van der Waals surface area (Å²) < 4.78 is 0. The zero-order valence-corrected chi connectivity index (χ0v) is 12.7. The minimum Gasteiger partial charge on any atom is -0.334 e. The van der Waals surface area contributed by atoms with Gasteiger partial charge in [0.2, 0.25) is 0 Å². The van der Waals surface area contributed by atoms with Gasteiger partial charge in [0.1, 0.15) is 5.69 Å². The molecular formula is C15H14Cl2N2O. The van der Waals surface area contributed by atoms with Gasteiger partial charge in [-0.3, -0.25) is 9.78 Å². The van der Waals surface area contributed by atoms with Gasteiger partial charge in [-0.1, -0.05) is 35.3 Å². The van der Waals surface area contributed by atoms with E-state index in [4.69, 9.17) is 23.2 Å². The highest BCUT2D eigenvalue weighted by Crippen LogP contribution is 2.23. The standard InChI is InChI=1S/C15H14Cl2N2O/c1-10(11-4-3-5-12(16)8-11)19(2)15(20)14-9-13(17)6-7-18-14/h3-10H,1-2H3. The number of hydrogen-bond donors (Lipinski definition) is 0. The second kappa shape index (κ2) is 6.25. The first-order valence-corrected chi connectivity index (χ1v) is 6.89. The molecule has 3 nitrogen and oxygen atoms in total. The summed E-state index contributed by atoms with van der Waals surface area (Å²) >= 11 is 11.9. The molecule has 0 aliphatic rings. The average Bonchev–Trinajstić information content (AvgIpc) is 2.45. The normalized spacial score (nSPS) is 12.0. The van der Waals surface area contributed by atoms with E-state index in [0.29, 0.717) is 15.7 Å². The summed E-state index contributed by atoms with van der Waals surface area (Å²) in [4.78, 5) is 18.0. The first-order valence-electron chi connectivity index (χ1n) is 6.13. The third-order valence-electron chi connectivity index (χ3n) is 3.17. The Morgan fingerprint density at radius 1 is 1.20 bits per heavy atom. The van der Waals surface area contributed by atoms with Crippen LogP contribution in [-0.4, -0.2) is 22.8 Å². The molecule has 1 aromatic carbocycles. The molecule has 0 N–H and O–H groups in total. The van der Waals surface area contributed by atoms with Crippen molar-refractivity contribution in [2.75, 3.05) is 7.05 Å². The molecule has 20 heavy (non-hydrogen) atoms. The van der Waals surface area contributed by atoms with Crippen molar-refractivity contribution in [2.45, 2.75) is 13.0 Å². The molecule has 2 rings (SSSR count). The Balaban J connectivity index is 2.22. The molecule has 104 valence electrons. The zero-order valence-electron chi connectivity index (χ0n) is 11.2. The average molecular weight is 309 g/mol. The minimum absolute atomic E-state index is 0.109. The molecule has 0 saturated heterocycles. The molecule has 0 saturated carbocycles. The molecule has 1 amide bonds. The van der Waals surface area contributed by atoms with E-state index in [2.05, 4.69) is 4.98 Å². The van der Waals surface area contributed by atoms with Crippen molar-refractivity contribution in [3.05, 3.63) is 63.9 Å². The smallest absolute Gasteiger partial charge is 0.272 e. The van der Waals surface area contributed by atoms with E-state index in [0.717, 1.165) is 5.56 Å². The number of pyridine rings is 1. The summed E-state index contributed by atoms with van der Waals surface area (Å²) in [7, 11) is 1.73. The molecule has 0 aliphatic heterocycles. The Morgan fingerprint density at radius 2 is 1.90 bits per heavy atom. The first-order chi connectivity index (χ1) is 9.49. The number of aromatic nitrogens is 1. The highest BCUT2D eigenvalue weighted by atomic mass is 35.5. The van der Waals surface area contributed by atoms with Crippen molar-refractivity contribution >= 4 is 29.1 Å². The number of benzene rings is 1. The maximum absolute atomic E-state index is 12.4. The summed E-state index contributed by atoms with van der Waals surface area (Å²) in [5.41, 5.74) is 1.30. The third kappa shape index (κ3) is 3.30. The first kappa shape index (κ1) is 14.8. The summed E-state index contributed by atoms with van der Waals surface area (Å²) in [5.74, 6) is -0.181. The summed E-state index contributed by atoms with van der Waals surface area (Å²) in [6, 6.07) is 10.5. The lowest BCUT2D eigenvalue weighted by Crippen LogP contribution is -2.30. The zero-order chi connectivity index (χ0) is 14.7. The van der Waals surface area contributed by atoms with Crippen LogP contribution in [0.15, 0.2) is 42.6 Å². The van der Waals surface area contributed by atoms with E-state index in [-0.39, 0.29) is 11.9 Å². The van der Waals surface area contributed by atoms with Crippen molar-refractivity contribution in [1.82, 2.24) is 9.88 Å². The van der Waals surface area contributed by atoms with Gasteiger partial charge in [0, 0.05) is 23.3 Å². The van der Waals surface area contributed by atoms with Gasteiger partial charge in [-0.2, -0.15) is 0 Å². The molecule has 5 heteroatoms. The van der Waals surface area contributed by atoms with E-state index in [1.54, 1.807) is 30.1 Å². The molecule has 1 aromatic heterocycles. The van der Waals surface area contributed by atoms with Crippen LogP contribution in [0.1, 0.15) is 29.0 Å². The molecule has 1 unspecified atom stereocenters. The fraction of sp³-hybridized carbons (Fsp3) is 0.200. The molecule has 0 spiro atoms. The predicted octanol–water partition coefficient (Wildman–Crippen LogP) is 4.22. The lowest BCUT2D eigenvalue weighted by Gasteiger charge is -2.25. The Bertz CT molecular complexity index is 631. The van der Waals surface area contributed by atoms with Crippen LogP contribution in [-0.2, 0) is 0 Å². The van der Waals surface area contributed by atoms with E-state index in [9.17, 15) is 4.79 Å². The van der Waals surface area contributed by atoms with E-state index in [1.807, 2.05) is 25.1 Å². The fourth-order valence-electron chi connectivity index (χ4n) is 1.87. The van der Waals surface area contributed by atoms with Crippen LogP contribution in [0.4, 0.5) is 0 Å². The van der Waals surface area contributed by atoms with Gasteiger partial charge in [-0.15, -0.1) is 0 Å². The van der Waals surface area contributed by atoms with Crippen LogP contribution in [0, 0.1) is 0 Å². The Kier molecular flexibility index (Phi) is 4.63. The van der Waals surface area contributed by atoms with E-state index in [1.165, 1.54) is 6.20 Å². The van der Waals surface area contributed by atoms with Gasteiger partial charge < -0.3 is 4.90 Å². The SMILES string of the molecule is CC(c1cccc(Cl)c1)N(C)C(=O)c1cc(Cl)ccn1. The molecule has 1 atom stereocenters. The van der Waals surface area contributed by atoms with Crippen LogP contribution in [0.25, 0.3) is 0 Å². The van der Waals surface area contributed by atoms with Gasteiger partial charge in [-0.05, 0) is 36.8 Å². The lowest BCUT2D eigenvalue weighted by molar-refractivity contribution is 0.0736. The maximum Gasteiger partial charge on any atom is 0.272 e. The number of nitrogens with zero attached hydrogens (tertiary/aromatic N) is 2. The fourth-order valence-corrected chi connectivity index (χ4v) is 2.23. The number of rotatable bonds is 3. The monoisotopic (exact) mass is 308 g/mol.